The highest BCUT2D eigenvalue weighted by molar-refractivity contribution is 6.34. The lowest BCUT2D eigenvalue weighted by Gasteiger charge is -2.20. The van der Waals surface area contributed by atoms with E-state index in [1.165, 1.54) is 5.56 Å². The van der Waals surface area contributed by atoms with Gasteiger partial charge in [-0.15, -0.1) is 0 Å². The third-order valence-electron chi connectivity index (χ3n) is 5.38. The summed E-state index contributed by atoms with van der Waals surface area (Å²) >= 11 is 6.35. The van der Waals surface area contributed by atoms with Crippen LogP contribution in [0.5, 0.6) is 0 Å². The van der Waals surface area contributed by atoms with Gasteiger partial charge in [-0.05, 0) is 29.5 Å². The maximum atomic E-state index is 12.6. The summed E-state index contributed by atoms with van der Waals surface area (Å²) in [6.45, 7) is 8.97. The smallest absolute Gasteiger partial charge is 0.232 e. The molecule has 1 saturated heterocycles. The fourth-order valence-electron chi connectivity index (χ4n) is 3.69. The molecule has 150 valence electrons. The highest BCUT2D eigenvalue weighted by Crippen LogP contribution is 2.37. The molecule has 29 heavy (non-hydrogen) atoms. The van der Waals surface area contributed by atoms with Crippen LogP contribution in [0, 0.1) is 6.92 Å². The molecule has 0 saturated carbocycles. The van der Waals surface area contributed by atoms with Gasteiger partial charge in [0.1, 0.15) is 0 Å². The van der Waals surface area contributed by atoms with E-state index in [4.69, 9.17) is 16.1 Å². The van der Waals surface area contributed by atoms with Crippen LogP contribution in [0.3, 0.4) is 0 Å². The second-order valence-corrected chi connectivity index (χ2v) is 9.00. The van der Waals surface area contributed by atoms with E-state index < -0.39 is 0 Å². The van der Waals surface area contributed by atoms with E-state index in [9.17, 15) is 4.79 Å². The maximum absolute atomic E-state index is 12.6. The predicted molar refractivity (Wildman–Crippen MR) is 114 cm³/mol. The van der Waals surface area contributed by atoms with Gasteiger partial charge in [0.25, 0.3) is 0 Å². The molecule has 1 unspecified atom stereocenters. The number of aromatic nitrogens is 2. The Balaban J connectivity index is 1.55. The topological polar surface area (TPSA) is 59.2 Å². The number of nitrogens with zero attached hydrogens (tertiary/aromatic N) is 3. The average Bonchev–Trinajstić information content (AvgIpc) is 3.29. The molecule has 0 N–H and O–H groups in total. The number of carbonyl (C=O) groups excluding carboxylic acids is 1. The highest BCUT2D eigenvalue weighted by Gasteiger charge is 2.36. The van der Waals surface area contributed by atoms with Gasteiger partial charge in [-0.1, -0.05) is 73.9 Å². The monoisotopic (exact) mass is 409 g/mol. The lowest BCUT2D eigenvalue weighted by Crippen LogP contribution is -2.25. The highest BCUT2D eigenvalue weighted by atomic mass is 35.5. The molecular formula is C23H24ClN3O2. The molecule has 0 radical (unpaired) electrons. The number of rotatable bonds is 3. The van der Waals surface area contributed by atoms with Gasteiger partial charge in [0.2, 0.25) is 17.6 Å². The largest absolute Gasteiger partial charge is 0.339 e. The van der Waals surface area contributed by atoms with Crippen molar-refractivity contribution in [3.63, 3.8) is 0 Å². The molecule has 2 heterocycles. The molecule has 0 spiro atoms. The van der Waals surface area contributed by atoms with Crippen LogP contribution in [0.2, 0.25) is 5.02 Å². The normalized spacial score (nSPS) is 17.2. The first-order chi connectivity index (χ1) is 13.7. The Morgan fingerprint density at radius 1 is 1.14 bits per heavy atom. The molecule has 2 aromatic carbocycles. The Morgan fingerprint density at radius 3 is 2.52 bits per heavy atom. The van der Waals surface area contributed by atoms with E-state index in [1.807, 2.05) is 31.2 Å². The Bertz CT molecular complexity index is 1030. The van der Waals surface area contributed by atoms with Gasteiger partial charge >= 0.3 is 0 Å². The molecule has 1 atom stereocenters. The molecule has 3 aromatic rings. The number of halogens is 1. The zero-order chi connectivity index (χ0) is 20.8. The van der Waals surface area contributed by atoms with Crippen LogP contribution < -0.4 is 4.90 Å². The second kappa shape index (κ2) is 7.30. The van der Waals surface area contributed by atoms with Crippen molar-refractivity contribution in [2.45, 2.75) is 45.4 Å². The van der Waals surface area contributed by atoms with Crippen LogP contribution in [-0.4, -0.2) is 22.6 Å². The molecule has 6 heteroatoms. The van der Waals surface area contributed by atoms with E-state index in [0.29, 0.717) is 29.7 Å². The Kier molecular flexibility index (Phi) is 4.95. The van der Waals surface area contributed by atoms with Crippen molar-refractivity contribution in [2.24, 2.45) is 0 Å². The second-order valence-electron chi connectivity index (χ2n) is 8.59. The summed E-state index contributed by atoms with van der Waals surface area (Å²) < 4.78 is 5.52. The zero-order valence-electron chi connectivity index (χ0n) is 17.1. The number of hydrogen-bond donors (Lipinski definition) is 0. The minimum atomic E-state index is -0.145. The van der Waals surface area contributed by atoms with Crippen molar-refractivity contribution in [1.29, 1.82) is 0 Å². The van der Waals surface area contributed by atoms with Gasteiger partial charge in [0, 0.05) is 18.5 Å². The molecule has 4 rings (SSSR count). The minimum Gasteiger partial charge on any atom is -0.339 e. The van der Waals surface area contributed by atoms with Crippen molar-refractivity contribution < 1.29 is 9.32 Å². The first kappa shape index (κ1) is 19.6. The molecule has 0 bridgehead atoms. The summed E-state index contributed by atoms with van der Waals surface area (Å²) in [6.07, 6.45) is 0.329. The van der Waals surface area contributed by atoms with E-state index in [0.717, 1.165) is 16.8 Å². The number of anilines is 1. The summed E-state index contributed by atoms with van der Waals surface area (Å²) in [5.74, 6) is 0.898. The van der Waals surface area contributed by atoms with E-state index in [-0.39, 0.29) is 17.2 Å². The fraction of sp³-hybridized carbons (Fsp3) is 0.348. The summed E-state index contributed by atoms with van der Waals surface area (Å²) in [5.41, 5.74) is 3.97. The quantitative estimate of drug-likeness (QED) is 0.571. The van der Waals surface area contributed by atoms with Gasteiger partial charge in [0.05, 0.1) is 16.6 Å². The zero-order valence-corrected chi connectivity index (χ0v) is 17.8. The van der Waals surface area contributed by atoms with Crippen LogP contribution >= 0.6 is 11.6 Å². The van der Waals surface area contributed by atoms with Crippen LogP contribution in [0.1, 0.15) is 50.1 Å². The number of benzene rings is 2. The first-order valence-electron chi connectivity index (χ1n) is 9.74. The summed E-state index contributed by atoms with van der Waals surface area (Å²) in [4.78, 5) is 18.9. The minimum absolute atomic E-state index is 0.0143. The standard InChI is InChI=1S/C23H24ClN3O2/c1-14-6-5-7-18(24)20(14)27-13-16(12-19(27)28)22-25-21(26-29-22)15-8-10-17(11-9-15)23(2,3)4/h5-11,16H,12-13H2,1-4H3. The average molecular weight is 410 g/mol. The van der Waals surface area contributed by atoms with E-state index >= 15 is 0 Å². The number of aryl methyl sites for hydroxylation is 1. The Morgan fingerprint density at radius 2 is 1.86 bits per heavy atom. The van der Waals surface area contributed by atoms with Gasteiger partial charge in [0.15, 0.2) is 0 Å². The predicted octanol–water partition coefficient (Wildman–Crippen LogP) is 5.52. The van der Waals surface area contributed by atoms with Crippen molar-refractivity contribution in [3.8, 4) is 11.4 Å². The van der Waals surface area contributed by atoms with Gasteiger partial charge in [-0.25, -0.2) is 0 Å². The van der Waals surface area contributed by atoms with Crippen LogP contribution in [-0.2, 0) is 10.2 Å². The molecule has 1 aromatic heterocycles. The summed E-state index contributed by atoms with van der Waals surface area (Å²) in [6, 6.07) is 13.8. The van der Waals surface area contributed by atoms with E-state index in [1.54, 1.807) is 11.0 Å². The van der Waals surface area contributed by atoms with Gasteiger partial charge < -0.3 is 9.42 Å². The van der Waals surface area contributed by atoms with Crippen molar-refractivity contribution in [1.82, 2.24) is 10.1 Å². The summed E-state index contributed by atoms with van der Waals surface area (Å²) in [7, 11) is 0. The third-order valence-corrected chi connectivity index (χ3v) is 5.69. The lowest BCUT2D eigenvalue weighted by molar-refractivity contribution is -0.117. The molecule has 1 aliphatic heterocycles. The molecule has 0 aliphatic carbocycles. The molecule has 5 nitrogen and oxygen atoms in total. The SMILES string of the molecule is Cc1cccc(Cl)c1N1CC(c2nc(-c3ccc(C(C)(C)C)cc3)no2)CC1=O. The fourth-order valence-corrected chi connectivity index (χ4v) is 4.02. The van der Waals surface area contributed by atoms with E-state index in [2.05, 4.69) is 43.0 Å². The van der Waals surface area contributed by atoms with Crippen LogP contribution in [0.25, 0.3) is 11.4 Å². The van der Waals surface area contributed by atoms with Gasteiger partial charge in [-0.3, -0.25) is 4.79 Å². The first-order valence-corrected chi connectivity index (χ1v) is 10.1. The maximum Gasteiger partial charge on any atom is 0.232 e. The number of para-hydroxylation sites is 1. The lowest BCUT2D eigenvalue weighted by atomic mass is 9.87. The van der Waals surface area contributed by atoms with Crippen molar-refractivity contribution >= 4 is 23.2 Å². The number of carbonyl (C=O) groups is 1. The third kappa shape index (κ3) is 3.79. The van der Waals surface area contributed by atoms with Crippen molar-refractivity contribution in [2.75, 3.05) is 11.4 Å². The molecule has 1 aliphatic rings. The molecular weight excluding hydrogens is 386 g/mol. The Hall–Kier alpha value is -2.66. The Labute approximate surface area is 175 Å². The van der Waals surface area contributed by atoms with Gasteiger partial charge in [-0.2, -0.15) is 4.98 Å². The van der Waals surface area contributed by atoms with Crippen LogP contribution in [0.4, 0.5) is 5.69 Å². The molecule has 1 amide bonds. The molecule has 1 fully saturated rings. The van der Waals surface area contributed by atoms with Crippen LogP contribution in [0.15, 0.2) is 47.0 Å². The summed E-state index contributed by atoms with van der Waals surface area (Å²) in [5, 5.41) is 4.71. The number of amides is 1. The number of hydrogen-bond acceptors (Lipinski definition) is 4. The van der Waals surface area contributed by atoms with Crippen molar-refractivity contribution in [3.05, 3.63) is 64.5 Å².